The summed E-state index contributed by atoms with van der Waals surface area (Å²) >= 11 is 0. The van der Waals surface area contributed by atoms with Gasteiger partial charge in [0.05, 0.1) is 5.69 Å². The Hall–Kier alpha value is -4.01. The summed E-state index contributed by atoms with van der Waals surface area (Å²) in [4.78, 5) is 12.5. The summed E-state index contributed by atoms with van der Waals surface area (Å²) in [6.07, 6.45) is 1.68. The summed E-state index contributed by atoms with van der Waals surface area (Å²) in [7, 11) is 0. The van der Waals surface area contributed by atoms with E-state index in [1.165, 1.54) is 0 Å². The van der Waals surface area contributed by atoms with Crippen LogP contribution in [0, 0.1) is 0 Å². The van der Waals surface area contributed by atoms with Gasteiger partial charge in [0.15, 0.2) is 6.61 Å². The standard InChI is InChI=1S/C18H15N7O2/c26-18(13-6-4-12(5-7-13)16-8-9-19-21-16)20-14-2-1-3-15(10-14)27-11-17-22-24-25-23-17/h1-10H,11H2,(H,19,21)(H,20,26)(H,22,23,24,25). The highest BCUT2D eigenvalue weighted by molar-refractivity contribution is 6.04. The second-order valence-electron chi connectivity index (χ2n) is 5.65. The van der Waals surface area contributed by atoms with Gasteiger partial charge in [-0.3, -0.25) is 9.89 Å². The molecule has 9 heteroatoms. The number of nitrogens with zero attached hydrogens (tertiary/aromatic N) is 4. The van der Waals surface area contributed by atoms with E-state index in [-0.39, 0.29) is 12.5 Å². The molecule has 0 bridgehead atoms. The lowest BCUT2D eigenvalue weighted by Gasteiger charge is -2.08. The van der Waals surface area contributed by atoms with E-state index in [2.05, 4.69) is 36.1 Å². The molecule has 4 rings (SSSR count). The smallest absolute Gasteiger partial charge is 0.255 e. The summed E-state index contributed by atoms with van der Waals surface area (Å²) in [5.41, 5.74) is 3.04. The summed E-state index contributed by atoms with van der Waals surface area (Å²) in [6, 6.07) is 16.2. The average Bonchev–Trinajstić information content (AvgIpc) is 3.41. The Bertz CT molecular complexity index is 1010. The van der Waals surface area contributed by atoms with E-state index in [0.717, 1.165) is 11.3 Å². The summed E-state index contributed by atoms with van der Waals surface area (Å²) in [6.45, 7) is 0.183. The highest BCUT2D eigenvalue weighted by atomic mass is 16.5. The number of carbonyl (C=O) groups is 1. The summed E-state index contributed by atoms with van der Waals surface area (Å²) in [5.74, 6) is 0.829. The number of amides is 1. The molecule has 3 N–H and O–H groups in total. The zero-order chi connectivity index (χ0) is 18.5. The molecule has 9 nitrogen and oxygen atoms in total. The Morgan fingerprint density at radius 3 is 2.74 bits per heavy atom. The molecule has 0 aliphatic rings. The van der Waals surface area contributed by atoms with Gasteiger partial charge in [0.1, 0.15) is 5.75 Å². The fourth-order valence-corrected chi connectivity index (χ4v) is 2.48. The van der Waals surface area contributed by atoms with Crippen LogP contribution in [-0.2, 0) is 6.61 Å². The number of hydrogen-bond donors (Lipinski definition) is 3. The van der Waals surface area contributed by atoms with Gasteiger partial charge >= 0.3 is 0 Å². The number of ether oxygens (including phenoxy) is 1. The van der Waals surface area contributed by atoms with Crippen LogP contribution in [0.1, 0.15) is 16.2 Å². The zero-order valence-electron chi connectivity index (χ0n) is 14.1. The van der Waals surface area contributed by atoms with Crippen molar-refractivity contribution in [3.63, 3.8) is 0 Å². The second kappa shape index (κ2) is 7.48. The van der Waals surface area contributed by atoms with E-state index < -0.39 is 0 Å². The van der Waals surface area contributed by atoms with Gasteiger partial charge in [-0.1, -0.05) is 23.4 Å². The van der Waals surface area contributed by atoms with E-state index >= 15 is 0 Å². The molecule has 2 heterocycles. The first kappa shape index (κ1) is 16.5. The van der Waals surface area contributed by atoms with Crippen molar-refractivity contribution in [3.05, 3.63) is 72.2 Å². The molecule has 0 aliphatic carbocycles. The van der Waals surface area contributed by atoms with Crippen molar-refractivity contribution < 1.29 is 9.53 Å². The number of hydrogen-bond acceptors (Lipinski definition) is 6. The van der Waals surface area contributed by atoms with Gasteiger partial charge in [-0.2, -0.15) is 10.3 Å². The van der Waals surface area contributed by atoms with Gasteiger partial charge in [-0.15, -0.1) is 10.2 Å². The largest absolute Gasteiger partial charge is 0.485 e. The number of nitrogens with one attached hydrogen (secondary N) is 3. The number of tetrazole rings is 1. The maximum absolute atomic E-state index is 12.5. The molecule has 0 spiro atoms. The fraction of sp³-hybridized carbons (Fsp3) is 0.0556. The Labute approximate surface area is 153 Å². The molecule has 0 saturated heterocycles. The Balaban J connectivity index is 1.41. The van der Waals surface area contributed by atoms with Crippen LogP contribution in [0.4, 0.5) is 5.69 Å². The topological polar surface area (TPSA) is 121 Å². The zero-order valence-corrected chi connectivity index (χ0v) is 14.1. The van der Waals surface area contributed by atoms with Crippen LogP contribution < -0.4 is 10.1 Å². The number of anilines is 1. The molecule has 134 valence electrons. The minimum Gasteiger partial charge on any atom is -0.485 e. The third-order valence-electron chi connectivity index (χ3n) is 3.81. The average molecular weight is 361 g/mol. The highest BCUT2D eigenvalue weighted by Gasteiger charge is 2.08. The first-order valence-electron chi connectivity index (χ1n) is 8.14. The first-order chi connectivity index (χ1) is 13.3. The molecular weight excluding hydrogens is 346 g/mol. The van der Waals surface area contributed by atoms with Gasteiger partial charge < -0.3 is 10.1 Å². The number of benzene rings is 2. The number of rotatable bonds is 6. The van der Waals surface area contributed by atoms with Gasteiger partial charge in [-0.25, -0.2) is 0 Å². The van der Waals surface area contributed by atoms with Gasteiger partial charge in [0.25, 0.3) is 5.91 Å². The number of aromatic amines is 2. The van der Waals surface area contributed by atoms with E-state index in [9.17, 15) is 4.79 Å². The van der Waals surface area contributed by atoms with Crippen molar-refractivity contribution in [1.29, 1.82) is 0 Å². The lowest BCUT2D eigenvalue weighted by molar-refractivity contribution is 0.102. The molecule has 27 heavy (non-hydrogen) atoms. The molecule has 0 saturated carbocycles. The van der Waals surface area contributed by atoms with Crippen molar-refractivity contribution in [2.75, 3.05) is 5.32 Å². The monoisotopic (exact) mass is 361 g/mol. The second-order valence-corrected chi connectivity index (χ2v) is 5.65. The van der Waals surface area contributed by atoms with Crippen LogP contribution in [0.2, 0.25) is 0 Å². The first-order valence-corrected chi connectivity index (χ1v) is 8.14. The van der Waals surface area contributed by atoms with Gasteiger partial charge in [-0.05, 0) is 35.9 Å². The van der Waals surface area contributed by atoms with Crippen molar-refractivity contribution in [2.45, 2.75) is 6.61 Å². The van der Waals surface area contributed by atoms with Crippen LogP contribution in [0.25, 0.3) is 11.3 Å². The van der Waals surface area contributed by atoms with Crippen molar-refractivity contribution in [1.82, 2.24) is 30.8 Å². The van der Waals surface area contributed by atoms with Crippen LogP contribution in [0.15, 0.2) is 60.8 Å². The van der Waals surface area contributed by atoms with E-state index in [1.807, 2.05) is 18.2 Å². The van der Waals surface area contributed by atoms with Crippen molar-refractivity contribution >= 4 is 11.6 Å². The molecule has 0 fully saturated rings. The summed E-state index contributed by atoms with van der Waals surface area (Å²) in [5, 5.41) is 23.1. The normalized spacial score (nSPS) is 10.5. The third kappa shape index (κ3) is 3.98. The molecule has 2 aromatic carbocycles. The molecule has 0 radical (unpaired) electrons. The van der Waals surface area contributed by atoms with Crippen molar-refractivity contribution in [2.24, 2.45) is 0 Å². The van der Waals surface area contributed by atoms with Crippen LogP contribution >= 0.6 is 0 Å². The Kier molecular flexibility index (Phi) is 4.56. The molecule has 0 atom stereocenters. The van der Waals surface area contributed by atoms with E-state index in [1.54, 1.807) is 42.6 Å². The maximum Gasteiger partial charge on any atom is 0.255 e. The van der Waals surface area contributed by atoms with Gasteiger partial charge in [0, 0.05) is 23.5 Å². The maximum atomic E-state index is 12.5. The minimum absolute atomic E-state index is 0.183. The number of carbonyl (C=O) groups excluding carboxylic acids is 1. The quantitative estimate of drug-likeness (QED) is 0.485. The highest BCUT2D eigenvalue weighted by Crippen LogP contribution is 2.20. The fourth-order valence-electron chi connectivity index (χ4n) is 2.48. The number of aromatic nitrogens is 6. The molecular formula is C18H15N7O2. The SMILES string of the molecule is O=C(Nc1cccc(OCc2nn[nH]n2)c1)c1ccc(-c2ccn[nH]2)cc1. The Morgan fingerprint density at radius 1 is 1.11 bits per heavy atom. The predicted octanol–water partition coefficient (Wildman–Crippen LogP) is 2.42. The minimum atomic E-state index is -0.207. The molecule has 1 amide bonds. The lowest BCUT2D eigenvalue weighted by Crippen LogP contribution is -2.11. The third-order valence-corrected chi connectivity index (χ3v) is 3.81. The van der Waals surface area contributed by atoms with E-state index in [0.29, 0.717) is 22.8 Å². The van der Waals surface area contributed by atoms with Crippen molar-refractivity contribution in [3.8, 4) is 17.0 Å². The Morgan fingerprint density at radius 2 is 2.00 bits per heavy atom. The molecule has 0 aliphatic heterocycles. The van der Waals surface area contributed by atoms with Crippen LogP contribution in [0.3, 0.4) is 0 Å². The van der Waals surface area contributed by atoms with Crippen LogP contribution in [-0.4, -0.2) is 36.7 Å². The lowest BCUT2D eigenvalue weighted by atomic mass is 10.1. The molecule has 2 aromatic heterocycles. The van der Waals surface area contributed by atoms with E-state index in [4.69, 9.17) is 4.74 Å². The van der Waals surface area contributed by atoms with Gasteiger partial charge in [0.2, 0.25) is 5.82 Å². The summed E-state index contributed by atoms with van der Waals surface area (Å²) < 4.78 is 5.59. The molecule has 4 aromatic rings. The van der Waals surface area contributed by atoms with Crippen LogP contribution in [0.5, 0.6) is 5.75 Å². The number of H-pyrrole nitrogens is 2. The molecule has 0 unspecified atom stereocenters. The predicted molar refractivity (Wildman–Crippen MR) is 96.9 cm³/mol.